The van der Waals surface area contributed by atoms with Crippen LogP contribution in [0.4, 0.5) is 0 Å². The highest BCUT2D eigenvalue weighted by Crippen LogP contribution is 2.11. The zero-order valence-electron chi connectivity index (χ0n) is 7.54. The minimum atomic E-state index is -0.584. The number of rotatable bonds is 3. The van der Waals surface area contributed by atoms with Gasteiger partial charge >= 0.3 is 0 Å². The van der Waals surface area contributed by atoms with Crippen molar-refractivity contribution in [1.29, 1.82) is 0 Å². The standard InChI is InChI=1S/C10H14NO/c1-10(2,12)6-5-9-4-3-7-11-8-9/h3-4,8,12H,5-6H2,1-2H3. The first kappa shape index (κ1) is 9.20. The lowest BCUT2D eigenvalue weighted by Gasteiger charge is -2.16. The molecule has 0 unspecified atom stereocenters. The Morgan fingerprint density at radius 1 is 1.58 bits per heavy atom. The van der Waals surface area contributed by atoms with Gasteiger partial charge in [-0.2, -0.15) is 0 Å². The second kappa shape index (κ2) is 3.68. The molecule has 1 rings (SSSR count). The maximum Gasteiger partial charge on any atom is 0.0886 e. The topological polar surface area (TPSA) is 33.1 Å². The second-order valence-electron chi connectivity index (χ2n) is 3.61. The van der Waals surface area contributed by atoms with Gasteiger partial charge in [-0.3, -0.25) is 4.98 Å². The summed E-state index contributed by atoms with van der Waals surface area (Å²) in [6.45, 7) is 3.63. The zero-order valence-corrected chi connectivity index (χ0v) is 7.54. The second-order valence-corrected chi connectivity index (χ2v) is 3.61. The van der Waals surface area contributed by atoms with E-state index in [-0.39, 0.29) is 0 Å². The molecule has 1 N–H and O–H groups in total. The third-order valence-electron chi connectivity index (χ3n) is 1.70. The lowest BCUT2D eigenvalue weighted by Crippen LogP contribution is -2.19. The first-order chi connectivity index (χ1) is 5.58. The molecule has 65 valence electrons. The van der Waals surface area contributed by atoms with E-state index in [0.717, 1.165) is 18.4 Å². The molecule has 0 atom stereocenters. The van der Waals surface area contributed by atoms with E-state index in [1.54, 1.807) is 12.3 Å². The van der Waals surface area contributed by atoms with Gasteiger partial charge in [-0.05, 0) is 38.3 Å². The number of aryl methyl sites for hydroxylation is 1. The van der Waals surface area contributed by atoms with Gasteiger partial charge in [-0.25, -0.2) is 0 Å². The smallest absolute Gasteiger partial charge is 0.0886 e. The molecule has 0 aliphatic carbocycles. The van der Waals surface area contributed by atoms with E-state index < -0.39 is 5.60 Å². The molecule has 0 aromatic carbocycles. The van der Waals surface area contributed by atoms with E-state index in [1.807, 2.05) is 19.9 Å². The molecule has 0 saturated heterocycles. The van der Waals surface area contributed by atoms with Gasteiger partial charge in [0.1, 0.15) is 0 Å². The summed E-state index contributed by atoms with van der Waals surface area (Å²) >= 11 is 0. The molecule has 0 aliphatic heterocycles. The number of pyridine rings is 1. The molecule has 0 bridgehead atoms. The molecule has 12 heavy (non-hydrogen) atoms. The van der Waals surface area contributed by atoms with Crippen LogP contribution in [-0.4, -0.2) is 15.7 Å². The van der Waals surface area contributed by atoms with E-state index in [1.165, 1.54) is 0 Å². The number of nitrogens with zero attached hydrogens (tertiary/aromatic N) is 1. The van der Waals surface area contributed by atoms with E-state index >= 15 is 0 Å². The molecule has 0 spiro atoms. The molecular formula is C10H14NO. The van der Waals surface area contributed by atoms with Crippen LogP contribution in [0.15, 0.2) is 18.3 Å². The molecule has 0 saturated carbocycles. The normalized spacial score (nSPS) is 11.6. The third-order valence-corrected chi connectivity index (χ3v) is 1.70. The van der Waals surface area contributed by atoms with Crippen LogP contribution in [0.25, 0.3) is 0 Å². The molecule has 2 heteroatoms. The Morgan fingerprint density at radius 2 is 2.33 bits per heavy atom. The van der Waals surface area contributed by atoms with Gasteiger partial charge in [0, 0.05) is 6.20 Å². The fraction of sp³-hybridized carbons (Fsp3) is 0.500. The predicted octanol–water partition coefficient (Wildman–Crippen LogP) is 1.59. The summed E-state index contributed by atoms with van der Waals surface area (Å²) in [5.41, 5.74) is 0.565. The molecule has 1 radical (unpaired) electrons. The summed E-state index contributed by atoms with van der Waals surface area (Å²) in [6, 6.07) is 3.76. The molecule has 0 amide bonds. The quantitative estimate of drug-likeness (QED) is 0.735. The fourth-order valence-electron chi connectivity index (χ4n) is 0.949. The van der Waals surface area contributed by atoms with Crippen molar-refractivity contribution < 1.29 is 5.11 Å². The minimum absolute atomic E-state index is 0.584. The van der Waals surface area contributed by atoms with Crippen molar-refractivity contribution in [1.82, 2.24) is 4.98 Å². The molecule has 1 aromatic rings. The van der Waals surface area contributed by atoms with Crippen molar-refractivity contribution >= 4 is 0 Å². The van der Waals surface area contributed by atoms with Crippen molar-refractivity contribution in [3.8, 4) is 0 Å². The molecule has 0 aliphatic rings. The van der Waals surface area contributed by atoms with E-state index in [4.69, 9.17) is 0 Å². The Morgan fingerprint density at radius 3 is 2.83 bits per heavy atom. The summed E-state index contributed by atoms with van der Waals surface area (Å²) in [7, 11) is 0. The highest BCUT2D eigenvalue weighted by atomic mass is 16.3. The van der Waals surface area contributed by atoms with Gasteiger partial charge in [0.2, 0.25) is 0 Å². The van der Waals surface area contributed by atoms with E-state index in [2.05, 4.69) is 11.2 Å². The fourth-order valence-corrected chi connectivity index (χ4v) is 0.949. The first-order valence-corrected chi connectivity index (χ1v) is 4.11. The lowest BCUT2D eigenvalue weighted by atomic mass is 10.00. The van der Waals surface area contributed by atoms with Gasteiger partial charge in [0.05, 0.1) is 11.8 Å². The number of hydrogen-bond acceptors (Lipinski definition) is 2. The van der Waals surface area contributed by atoms with Crippen LogP contribution >= 0.6 is 0 Å². The molecule has 2 nitrogen and oxygen atoms in total. The Hall–Kier alpha value is -0.890. The van der Waals surface area contributed by atoms with Crippen molar-refractivity contribution in [3.05, 3.63) is 30.1 Å². The Kier molecular flexibility index (Phi) is 2.82. The summed E-state index contributed by atoms with van der Waals surface area (Å²) in [5, 5.41) is 9.45. The van der Waals surface area contributed by atoms with Gasteiger partial charge in [-0.1, -0.05) is 6.07 Å². The average molecular weight is 164 g/mol. The number of aromatic nitrogens is 1. The molecule has 1 aromatic heterocycles. The molecular weight excluding hydrogens is 150 g/mol. The predicted molar refractivity (Wildman–Crippen MR) is 47.7 cm³/mol. The Labute approximate surface area is 73.3 Å². The van der Waals surface area contributed by atoms with E-state index in [0.29, 0.717) is 0 Å². The van der Waals surface area contributed by atoms with Crippen LogP contribution in [0.3, 0.4) is 0 Å². The van der Waals surface area contributed by atoms with Gasteiger partial charge in [0.15, 0.2) is 0 Å². The molecule has 1 heterocycles. The lowest BCUT2D eigenvalue weighted by molar-refractivity contribution is 0.0714. The maximum absolute atomic E-state index is 9.45. The monoisotopic (exact) mass is 164 g/mol. The third kappa shape index (κ3) is 3.49. The van der Waals surface area contributed by atoms with E-state index in [9.17, 15) is 5.11 Å². The van der Waals surface area contributed by atoms with Crippen LogP contribution in [0, 0.1) is 6.20 Å². The highest BCUT2D eigenvalue weighted by Gasteiger charge is 2.11. The first-order valence-electron chi connectivity index (χ1n) is 4.11. The van der Waals surface area contributed by atoms with Crippen molar-refractivity contribution in [3.63, 3.8) is 0 Å². The average Bonchev–Trinajstić information content (AvgIpc) is 2.02. The Bertz CT molecular complexity index is 225. The minimum Gasteiger partial charge on any atom is -0.390 e. The van der Waals surface area contributed by atoms with Crippen LogP contribution in [0.2, 0.25) is 0 Å². The largest absolute Gasteiger partial charge is 0.390 e. The van der Waals surface area contributed by atoms with Crippen molar-refractivity contribution in [2.75, 3.05) is 0 Å². The molecule has 0 fully saturated rings. The summed E-state index contributed by atoms with van der Waals surface area (Å²) in [4.78, 5) is 3.88. The van der Waals surface area contributed by atoms with Crippen LogP contribution in [0.1, 0.15) is 25.8 Å². The van der Waals surface area contributed by atoms with Crippen LogP contribution < -0.4 is 0 Å². The van der Waals surface area contributed by atoms with Crippen molar-refractivity contribution in [2.45, 2.75) is 32.3 Å². The highest BCUT2D eigenvalue weighted by molar-refractivity contribution is 5.08. The van der Waals surface area contributed by atoms with Crippen LogP contribution in [-0.2, 0) is 6.42 Å². The maximum atomic E-state index is 9.45. The van der Waals surface area contributed by atoms with Gasteiger partial charge < -0.3 is 5.11 Å². The van der Waals surface area contributed by atoms with Gasteiger partial charge in [0.25, 0.3) is 0 Å². The number of hydrogen-bond donors (Lipinski definition) is 1. The van der Waals surface area contributed by atoms with Crippen molar-refractivity contribution in [2.24, 2.45) is 0 Å². The van der Waals surface area contributed by atoms with Gasteiger partial charge in [-0.15, -0.1) is 0 Å². The number of aliphatic hydroxyl groups is 1. The SMILES string of the molecule is CC(C)(O)CCc1cc[c]nc1. The summed E-state index contributed by atoms with van der Waals surface area (Å²) < 4.78 is 0. The zero-order chi connectivity index (χ0) is 9.03. The van der Waals surface area contributed by atoms with Crippen LogP contribution in [0.5, 0.6) is 0 Å². The summed E-state index contributed by atoms with van der Waals surface area (Å²) in [6.07, 6.45) is 6.13. The summed E-state index contributed by atoms with van der Waals surface area (Å²) in [5.74, 6) is 0. The Balaban J connectivity index is 2.44.